The van der Waals surface area contributed by atoms with Crippen LogP contribution < -0.4 is 0 Å². The number of H-pyrrole nitrogens is 1. The van der Waals surface area contributed by atoms with Gasteiger partial charge in [-0.2, -0.15) is 0 Å². The lowest BCUT2D eigenvalue weighted by molar-refractivity contribution is -0.389. The number of aromatic nitrogens is 2. The molecule has 0 radical (unpaired) electrons. The normalized spacial score (nSPS) is 10.7. The highest BCUT2D eigenvalue weighted by Gasteiger charge is 2.18. The van der Waals surface area contributed by atoms with E-state index in [9.17, 15) is 14.9 Å². The number of nitro groups is 1. The van der Waals surface area contributed by atoms with Gasteiger partial charge in [0.15, 0.2) is 0 Å². The van der Waals surface area contributed by atoms with Gasteiger partial charge in [0.05, 0.1) is 0 Å². The Labute approximate surface area is 119 Å². The fourth-order valence-corrected chi connectivity index (χ4v) is 2.25. The summed E-state index contributed by atoms with van der Waals surface area (Å²) >= 11 is 0. The van der Waals surface area contributed by atoms with Gasteiger partial charge in [0.25, 0.3) is 5.82 Å². The van der Waals surface area contributed by atoms with E-state index in [0.717, 1.165) is 22.5 Å². The third kappa shape index (κ3) is 2.51. The number of Topliss-reactive ketones (excluding diaryl/α,β-unsaturated/α-hetero) is 1. The summed E-state index contributed by atoms with van der Waals surface area (Å²) in [7, 11) is 0. The van der Waals surface area contributed by atoms with Crippen LogP contribution >= 0.6 is 0 Å². The average Bonchev–Trinajstić information content (AvgIpc) is 2.98. The van der Waals surface area contributed by atoms with Gasteiger partial charge in [0.1, 0.15) is 6.20 Å². The number of hydrogen-bond donors (Lipinski definition) is 1. The molecule has 2 aromatic carbocycles. The van der Waals surface area contributed by atoms with Crippen LogP contribution in [0.15, 0.2) is 48.7 Å². The number of hydrogen-bond acceptors (Lipinski definition) is 4. The van der Waals surface area contributed by atoms with Crippen LogP contribution in [0.25, 0.3) is 10.8 Å². The lowest BCUT2D eigenvalue weighted by Crippen LogP contribution is -2.06. The number of carbonyl (C=O) groups is 1. The molecule has 0 saturated carbocycles. The van der Waals surface area contributed by atoms with Crippen LogP contribution in [0, 0.1) is 10.1 Å². The zero-order chi connectivity index (χ0) is 14.8. The fourth-order valence-electron chi connectivity index (χ4n) is 2.25. The number of fused-ring (bicyclic) bond motifs is 1. The number of imidazole rings is 1. The first-order valence-electron chi connectivity index (χ1n) is 6.34. The molecule has 0 aliphatic rings. The number of benzene rings is 2. The molecule has 0 unspecified atom stereocenters. The van der Waals surface area contributed by atoms with E-state index in [4.69, 9.17) is 0 Å². The molecule has 104 valence electrons. The Morgan fingerprint density at radius 2 is 1.95 bits per heavy atom. The second-order valence-corrected chi connectivity index (χ2v) is 4.61. The van der Waals surface area contributed by atoms with Gasteiger partial charge in [-0.15, -0.1) is 0 Å². The van der Waals surface area contributed by atoms with Crippen LogP contribution in [0.2, 0.25) is 0 Å². The molecule has 0 fully saturated rings. The maximum absolute atomic E-state index is 12.2. The maximum atomic E-state index is 12.2. The SMILES string of the molecule is O=C(Cc1cccc2ccccc12)c1ncc([N+](=O)[O-])[nH]1. The molecule has 1 heterocycles. The molecule has 6 heteroatoms. The first kappa shape index (κ1) is 13.0. The minimum atomic E-state index is -0.609. The summed E-state index contributed by atoms with van der Waals surface area (Å²) < 4.78 is 0. The van der Waals surface area contributed by atoms with Crippen molar-refractivity contribution in [1.82, 2.24) is 9.97 Å². The molecule has 0 aliphatic heterocycles. The van der Waals surface area contributed by atoms with E-state index in [2.05, 4.69) is 9.97 Å². The predicted octanol–water partition coefficient (Wildman–Crippen LogP) is 2.90. The number of aromatic amines is 1. The second-order valence-electron chi connectivity index (χ2n) is 4.61. The molecule has 0 atom stereocenters. The largest absolute Gasteiger partial charge is 0.358 e. The van der Waals surface area contributed by atoms with E-state index in [0.29, 0.717) is 0 Å². The number of rotatable bonds is 4. The zero-order valence-corrected chi connectivity index (χ0v) is 10.9. The Morgan fingerprint density at radius 1 is 1.19 bits per heavy atom. The van der Waals surface area contributed by atoms with E-state index in [-0.39, 0.29) is 23.8 Å². The number of carbonyl (C=O) groups excluding carboxylic acids is 1. The van der Waals surface area contributed by atoms with E-state index in [1.165, 1.54) is 0 Å². The topological polar surface area (TPSA) is 88.9 Å². The molecule has 0 spiro atoms. The van der Waals surface area contributed by atoms with Crippen molar-refractivity contribution >= 4 is 22.4 Å². The minimum Gasteiger partial charge on any atom is -0.358 e. The third-order valence-electron chi connectivity index (χ3n) is 3.25. The van der Waals surface area contributed by atoms with Crippen molar-refractivity contribution in [3.8, 4) is 0 Å². The molecule has 21 heavy (non-hydrogen) atoms. The van der Waals surface area contributed by atoms with E-state index < -0.39 is 4.92 Å². The first-order valence-corrected chi connectivity index (χ1v) is 6.34. The summed E-state index contributed by atoms with van der Waals surface area (Å²) in [5, 5.41) is 12.6. The Bertz CT molecular complexity index is 834. The number of ketones is 1. The van der Waals surface area contributed by atoms with Crippen molar-refractivity contribution in [3.05, 3.63) is 70.2 Å². The van der Waals surface area contributed by atoms with Gasteiger partial charge < -0.3 is 10.1 Å². The van der Waals surface area contributed by atoms with Gasteiger partial charge in [0, 0.05) is 6.42 Å². The summed E-state index contributed by atoms with van der Waals surface area (Å²) in [6.07, 6.45) is 1.20. The van der Waals surface area contributed by atoms with Crippen LogP contribution in [0.5, 0.6) is 0 Å². The van der Waals surface area contributed by atoms with E-state index >= 15 is 0 Å². The highest BCUT2D eigenvalue weighted by molar-refractivity contribution is 5.97. The Balaban J connectivity index is 1.91. The van der Waals surface area contributed by atoms with Crippen molar-refractivity contribution in [2.24, 2.45) is 0 Å². The van der Waals surface area contributed by atoms with Crippen molar-refractivity contribution in [2.45, 2.75) is 6.42 Å². The number of nitrogens with zero attached hydrogens (tertiary/aromatic N) is 2. The summed E-state index contributed by atoms with van der Waals surface area (Å²) in [5.41, 5.74) is 0.872. The van der Waals surface area contributed by atoms with Crippen LogP contribution in [0.4, 0.5) is 5.82 Å². The fraction of sp³-hybridized carbons (Fsp3) is 0.0667. The summed E-state index contributed by atoms with van der Waals surface area (Å²) in [4.78, 5) is 28.3. The van der Waals surface area contributed by atoms with Gasteiger partial charge in [-0.1, -0.05) is 42.5 Å². The van der Waals surface area contributed by atoms with Crippen LogP contribution in [-0.2, 0) is 6.42 Å². The first-order chi connectivity index (χ1) is 10.1. The van der Waals surface area contributed by atoms with Gasteiger partial charge >= 0.3 is 5.82 Å². The highest BCUT2D eigenvalue weighted by atomic mass is 16.6. The Hall–Kier alpha value is -3.02. The molecule has 3 rings (SSSR count). The lowest BCUT2D eigenvalue weighted by atomic mass is 10.0. The van der Waals surface area contributed by atoms with Gasteiger partial charge in [0.2, 0.25) is 5.78 Å². The smallest absolute Gasteiger partial charge is 0.341 e. The third-order valence-corrected chi connectivity index (χ3v) is 3.25. The lowest BCUT2D eigenvalue weighted by Gasteiger charge is -2.04. The van der Waals surface area contributed by atoms with Crippen LogP contribution in [0.1, 0.15) is 16.2 Å². The molecule has 1 N–H and O–H groups in total. The standard InChI is InChI=1S/C15H11N3O3/c19-13(15-16-9-14(17-15)18(20)21)8-11-6-3-5-10-4-1-2-7-12(10)11/h1-7,9H,8H2,(H,16,17). The van der Waals surface area contributed by atoms with Gasteiger partial charge in [-0.25, -0.2) is 9.97 Å². The van der Waals surface area contributed by atoms with Crippen molar-refractivity contribution < 1.29 is 9.72 Å². The Kier molecular flexibility index (Phi) is 3.19. The summed E-state index contributed by atoms with van der Waals surface area (Å²) in [6.45, 7) is 0. The zero-order valence-electron chi connectivity index (χ0n) is 10.9. The molecule has 0 aliphatic carbocycles. The maximum Gasteiger partial charge on any atom is 0.341 e. The number of nitrogens with one attached hydrogen (secondary N) is 1. The molecular weight excluding hydrogens is 270 g/mol. The van der Waals surface area contributed by atoms with Crippen molar-refractivity contribution in [3.63, 3.8) is 0 Å². The molecule has 3 aromatic rings. The summed E-state index contributed by atoms with van der Waals surface area (Å²) in [6, 6.07) is 13.5. The van der Waals surface area contributed by atoms with E-state index in [1.54, 1.807) is 0 Å². The molecule has 0 amide bonds. The second kappa shape index (κ2) is 5.16. The molecule has 0 saturated heterocycles. The van der Waals surface area contributed by atoms with E-state index in [1.807, 2.05) is 42.5 Å². The summed E-state index contributed by atoms with van der Waals surface area (Å²) in [5.74, 6) is -0.551. The van der Waals surface area contributed by atoms with Crippen LogP contribution in [-0.4, -0.2) is 20.7 Å². The highest BCUT2D eigenvalue weighted by Crippen LogP contribution is 2.20. The average molecular weight is 281 g/mol. The molecule has 0 bridgehead atoms. The van der Waals surface area contributed by atoms with Crippen molar-refractivity contribution in [2.75, 3.05) is 0 Å². The van der Waals surface area contributed by atoms with Gasteiger partial charge in [-0.05, 0) is 21.3 Å². The molecular formula is C15H11N3O3. The van der Waals surface area contributed by atoms with Gasteiger partial charge in [-0.3, -0.25) is 4.79 Å². The molecule has 1 aromatic heterocycles. The Morgan fingerprint density at radius 3 is 2.71 bits per heavy atom. The quantitative estimate of drug-likeness (QED) is 0.452. The minimum absolute atomic E-state index is 0.00892. The van der Waals surface area contributed by atoms with Crippen LogP contribution in [0.3, 0.4) is 0 Å². The monoisotopic (exact) mass is 281 g/mol. The van der Waals surface area contributed by atoms with Crippen molar-refractivity contribution in [1.29, 1.82) is 0 Å². The predicted molar refractivity (Wildman–Crippen MR) is 77.2 cm³/mol. The molecule has 6 nitrogen and oxygen atoms in total.